The molecule has 4 aromatic rings. The second-order valence-electron chi connectivity index (χ2n) is 6.29. The lowest BCUT2D eigenvalue weighted by molar-refractivity contribution is 0.790. The van der Waals surface area contributed by atoms with Gasteiger partial charge in [-0.25, -0.2) is 4.68 Å². The molecule has 0 fully saturated rings. The summed E-state index contributed by atoms with van der Waals surface area (Å²) in [6.45, 7) is 5.94. The lowest BCUT2D eigenvalue weighted by Crippen LogP contribution is -2.24. The quantitative estimate of drug-likeness (QED) is 0.565. The Labute approximate surface area is 145 Å². The van der Waals surface area contributed by atoms with E-state index in [1.54, 1.807) is 10.9 Å². The van der Waals surface area contributed by atoms with Gasteiger partial charge in [0, 0.05) is 5.39 Å². The summed E-state index contributed by atoms with van der Waals surface area (Å²) in [7, 11) is 0. The molecule has 5 heteroatoms. The van der Waals surface area contributed by atoms with E-state index in [9.17, 15) is 4.79 Å². The molecule has 124 valence electrons. The monoisotopic (exact) mass is 330 g/mol. The Morgan fingerprint density at radius 3 is 1.84 bits per heavy atom. The van der Waals surface area contributed by atoms with Crippen molar-refractivity contribution in [2.75, 3.05) is 0 Å². The third-order valence-electron chi connectivity index (χ3n) is 4.36. The van der Waals surface area contributed by atoms with E-state index in [4.69, 9.17) is 0 Å². The molecule has 0 aliphatic rings. The SMILES string of the molecule is Cc1ccc(-n2nc(C)c3cnn(-c4ccc(C)cc4)c3c2=O)cc1. The van der Waals surface area contributed by atoms with Gasteiger partial charge in [0.1, 0.15) is 5.52 Å². The van der Waals surface area contributed by atoms with Crippen molar-refractivity contribution in [3.05, 3.63) is 81.9 Å². The summed E-state index contributed by atoms with van der Waals surface area (Å²) in [5.41, 5.74) is 5.04. The number of nitrogens with zero attached hydrogens (tertiary/aromatic N) is 4. The Bertz CT molecular complexity index is 1120. The smallest absolute Gasteiger partial charge is 0.265 e. The Balaban J connectivity index is 2.00. The average Bonchev–Trinajstić information content (AvgIpc) is 3.06. The molecule has 0 amide bonds. The maximum absolute atomic E-state index is 13.1. The van der Waals surface area contributed by atoms with Crippen molar-refractivity contribution in [2.24, 2.45) is 0 Å². The van der Waals surface area contributed by atoms with Crippen LogP contribution in [0.2, 0.25) is 0 Å². The number of fused-ring (bicyclic) bond motifs is 1. The number of hydrogen-bond acceptors (Lipinski definition) is 3. The van der Waals surface area contributed by atoms with Crippen molar-refractivity contribution in [1.82, 2.24) is 19.6 Å². The molecule has 0 atom stereocenters. The third kappa shape index (κ3) is 2.54. The zero-order chi connectivity index (χ0) is 17.6. The maximum Gasteiger partial charge on any atom is 0.298 e. The van der Waals surface area contributed by atoms with E-state index in [1.165, 1.54) is 4.68 Å². The molecule has 0 saturated carbocycles. The summed E-state index contributed by atoms with van der Waals surface area (Å²) in [6.07, 6.45) is 1.71. The van der Waals surface area contributed by atoms with Gasteiger partial charge in [0.05, 0.1) is 23.3 Å². The highest BCUT2D eigenvalue weighted by atomic mass is 16.1. The normalized spacial score (nSPS) is 11.2. The molecule has 2 aromatic heterocycles. The summed E-state index contributed by atoms with van der Waals surface area (Å²) in [5, 5.41) is 9.67. The fraction of sp³-hybridized carbons (Fsp3) is 0.150. The molecule has 2 aromatic carbocycles. The first-order chi connectivity index (χ1) is 12.0. The Morgan fingerprint density at radius 1 is 0.760 bits per heavy atom. The lowest BCUT2D eigenvalue weighted by atomic mass is 10.2. The van der Waals surface area contributed by atoms with Crippen molar-refractivity contribution < 1.29 is 0 Å². The first-order valence-electron chi connectivity index (χ1n) is 8.16. The summed E-state index contributed by atoms with van der Waals surface area (Å²) in [5.74, 6) is 0. The first-order valence-corrected chi connectivity index (χ1v) is 8.16. The van der Waals surface area contributed by atoms with Gasteiger partial charge in [-0.05, 0) is 45.0 Å². The largest absolute Gasteiger partial charge is 0.298 e. The maximum atomic E-state index is 13.1. The minimum absolute atomic E-state index is 0.178. The molecule has 5 nitrogen and oxygen atoms in total. The highest BCUT2D eigenvalue weighted by Crippen LogP contribution is 2.18. The zero-order valence-corrected chi connectivity index (χ0v) is 14.4. The number of rotatable bonds is 2. The molecule has 0 N–H and O–H groups in total. The van der Waals surface area contributed by atoms with E-state index in [0.29, 0.717) is 5.52 Å². The summed E-state index contributed by atoms with van der Waals surface area (Å²) in [6, 6.07) is 15.7. The fourth-order valence-electron chi connectivity index (χ4n) is 2.91. The average molecular weight is 330 g/mol. The van der Waals surface area contributed by atoms with Gasteiger partial charge in [-0.15, -0.1) is 0 Å². The molecule has 0 radical (unpaired) electrons. The fourth-order valence-corrected chi connectivity index (χ4v) is 2.91. The number of hydrogen-bond donors (Lipinski definition) is 0. The molecule has 4 rings (SSSR count). The van der Waals surface area contributed by atoms with E-state index in [2.05, 4.69) is 10.2 Å². The van der Waals surface area contributed by atoms with Crippen molar-refractivity contribution in [2.45, 2.75) is 20.8 Å². The van der Waals surface area contributed by atoms with Gasteiger partial charge in [-0.3, -0.25) is 4.79 Å². The van der Waals surface area contributed by atoms with Crippen LogP contribution >= 0.6 is 0 Å². The van der Waals surface area contributed by atoms with E-state index in [0.717, 1.165) is 33.6 Å². The van der Waals surface area contributed by atoms with Crippen LogP contribution in [0.15, 0.2) is 59.5 Å². The Hall–Kier alpha value is -3.21. The molecular formula is C20H18N4O. The minimum atomic E-state index is -0.178. The topological polar surface area (TPSA) is 52.7 Å². The highest BCUT2D eigenvalue weighted by molar-refractivity contribution is 5.81. The molecule has 0 unspecified atom stereocenters. The van der Waals surface area contributed by atoms with Crippen LogP contribution in [0.3, 0.4) is 0 Å². The van der Waals surface area contributed by atoms with Crippen molar-refractivity contribution in [3.8, 4) is 11.4 Å². The van der Waals surface area contributed by atoms with Gasteiger partial charge >= 0.3 is 0 Å². The summed E-state index contributed by atoms with van der Waals surface area (Å²) in [4.78, 5) is 13.1. The van der Waals surface area contributed by atoms with Crippen molar-refractivity contribution >= 4 is 10.9 Å². The second-order valence-corrected chi connectivity index (χ2v) is 6.29. The van der Waals surface area contributed by atoms with E-state index in [1.807, 2.05) is 69.3 Å². The predicted molar refractivity (Wildman–Crippen MR) is 98.7 cm³/mol. The number of aromatic nitrogens is 4. The number of benzene rings is 2. The van der Waals surface area contributed by atoms with Crippen LogP contribution in [-0.2, 0) is 0 Å². The minimum Gasteiger partial charge on any atom is -0.265 e. The van der Waals surface area contributed by atoms with Crippen molar-refractivity contribution in [3.63, 3.8) is 0 Å². The molecule has 25 heavy (non-hydrogen) atoms. The summed E-state index contributed by atoms with van der Waals surface area (Å²) >= 11 is 0. The van der Waals surface area contributed by atoms with Crippen molar-refractivity contribution in [1.29, 1.82) is 0 Å². The highest BCUT2D eigenvalue weighted by Gasteiger charge is 2.15. The Kier molecular flexibility index (Phi) is 3.50. The standard InChI is InChI=1S/C20H18N4O/c1-13-4-8-16(9-5-13)23-19-18(12-21-23)15(3)22-24(20(19)25)17-10-6-14(2)7-11-17/h4-12H,1-3H3. The second kappa shape index (κ2) is 5.70. The van der Waals surface area contributed by atoms with Crippen LogP contribution in [0, 0.1) is 20.8 Å². The molecule has 0 saturated heterocycles. The molecule has 0 aliphatic heterocycles. The van der Waals surface area contributed by atoms with Crippen LogP contribution in [0.4, 0.5) is 0 Å². The first kappa shape index (κ1) is 15.3. The van der Waals surface area contributed by atoms with Gasteiger partial charge < -0.3 is 0 Å². The molecular weight excluding hydrogens is 312 g/mol. The number of aryl methyl sites for hydroxylation is 3. The van der Waals surface area contributed by atoms with Gasteiger partial charge in [0.2, 0.25) is 0 Å². The summed E-state index contributed by atoms with van der Waals surface area (Å²) < 4.78 is 3.14. The molecule has 0 bridgehead atoms. The van der Waals surface area contributed by atoms with Crippen LogP contribution < -0.4 is 5.56 Å². The molecule has 0 aliphatic carbocycles. The van der Waals surface area contributed by atoms with Gasteiger partial charge in [0.15, 0.2) is 0 Å². The molecule has 2 heterocycles. The zero-order valence-electron chi connectivity index (χ0n) is 14.4. The van der Waals surface area contributed by atoms with Gasteiger partial charge in [0.25, 0.3) is 5.56 Å². The van der Waals surface area contributed by atoms with Crippen LogP contribution in [-0.4, -0.2) is 19.6 Å². The van der Waals surface area contributed by atoms with Crippen LogP contribution in [0.1, 0.15) is 16.8 Å². The van der Waals surface area contributed by atoms with Gasteiger partial charge in [-0.2, -0.15) is 14.9 Å². The lowest BCUT2D eigenvalue weighted by Gasteiger charge is -2.09. The van der Waals surface area contributed by atoms with E-state index in [-0.39, 0.29) is 5.56 Å². The van der Waals surface area contributed by atoms with E-state index < -0.39 is 0 Å². The predicted octanol–water partition coefficient (Wildman–Crippen LogP) is 3.50. The third-order valence-corrected chi connectivity index (χ3v) is 4.36. The van der Waals surface area contributed by atoms with Crippen LogP contribution in [0.5, 0.6) is 0 Å². The Morgan fingerprint density at radius 2 is 1.28 bits per heavy atom. The van der Waals surface area contributed by atoms with E-state index >= 15 is 0 Å². The van der Waals surface area contributed by atoms with Crippen LogP contribution in [0.25, 0.3) is 22.3 Å². The van der Waals surface area contributed by atoms with Gasteiger partial charge in [-0.1, -0.05) is 35.4 Å². The molecule has 0 spiro atoms.